The summed E-state index contributed by atoms with van der Waals surface area (Å²) in [6.45, 7) is 16.1. The molecule has 6 heteroatoms. The van der Waals surface area contributed by atoms with Gasteiger partial charge in [-0.25, -0.2) is 4.39 Å². The molecule has 0 unspecified atom stereocenters. The topological polar surface area (TPSA) is 25.8 Å². The van der Waals surface area contributed by atoms with Crippen LogP contribution < -0.4 is 5.19 Å². The molecule has 0 bridgehead atoms. The van der Waals surface area contributed by atoms with Crippen molar-refractivity contribution in [3.8, 4) is 22.5 Å². The molecule has 0 atom stereocenters. The zero-order valence-corrected chi connectivity index (χ0v) is 30.7. The van der Waals surface area contributed by atoms with Gasteiger partial charge in [-0.05, 0) is 57.1 Å². The van der Waals surface area contributed by atoms with Gasteiger partial charge in [-0.1, -0.05) is 88.1 Å². The van der Waals surface area contributed by atoms with Gasteiger partial charge < -0.3 is 9.97 Å². The third kappa shape index (κ3) is 7.60. The molecule has 0 saturated carbocycles. The van der Waals surface area contributed by atoms with Crippen molar-refractivity contribution < 1.29 is 24.5 Å². The van der Waals surface area contributed by atoms with E-state index in [-0.39, 0.29) is 25.9 Å². The molecule has 1 radical (unpaired) electrons. The molecular weight excluding hydrogens is 756 g/mol. The van der Waals surface area contributed by atoms with Crippen LogP contribution in [-0.2, 0) is 26.5 Å². The average Bonchev–Trinajstić information content (AvgIpc) is 3.37. The molecule has 6 aromatic rings. The second-order valence-corrected chi connectivity index (χ2v) is 18.9. The number of hydrogen-bond donors (Lipinski definition) is 0. The number of aromatic nitrogens is 2. The first-order valence-electron chi connectivity index (χ1n) is 15.0. The molecule has 0 saturated heterocycles. The van der Waals surface area contributed by atoms with Crippen LogP contribution in [0.1, 0.15) is 44.7 Å². The van der Waals surface area contributed by atoms with Crippen LogP contribution >= 0.6 is 11.3 Å². The first-order chi connectivity index (χ1) is 20.5. The maximum absolute atomic E-state index is 14.1. The average molecular weight is 795 g/mol. The van der Waals surface area contributed by atoms with Gasteiger partial charge in [0.05, 0.1) is 12.8 Å². The Morgan fingerprint density at radius 2 is 1.59 bits per heavy atom. The second kappa shape index (κ2) is 14.4. The number of thiophene rings is 1. The zero-order valence-electron chi connectivity index (χ0n) is 26.5. The van der Waals surface area contributed by atoms with Gasteiger partial charge in [-0.2, -0.15) is 11.3 Å². The van der Waals surface area contributed by atoms with Crippen LogP contribution in [0.15, 0.2) is 85.2 Å². The Bertz CT molecular complexity index is 1860. The maximum Gasteiger partial charge on any atom is 0.140 e. The maximum atomic E-state index is 14.1. The van der Waals surface area contributed by atoms with E-state index in [1.54, 1.807) is 6.07 Å². The van der Waals surface area contributed by atoms with Gasteiger partial charge in [0.1, 0.15) is 5.82 Å². The van der Waals surface area contributed by atoms with E-state index in [0.29, 0.717) is 16.5 Å². The quantitative estimate of drug-likeness (QED) is 0.124. The summed E-state index contributed by atoms with van der Waals surface area (Å²) in [7, 11) is -1.34. The Kier molecular flexibility index (Phi) is 11.1. The van der Waals surface area contributed by atoms with Crippen molar-refractivity contribution in [2.24, 2.45) is 5.92 Å². The first-order valence-corrected chi connectivity index (χ1v) is 19.3. The Morgan fingerprint density at radius 3 is 2.27 bits per heavy atom. The molecule has 0 aliphatic rings. The number of rotatable bonds is 6. The van der Waals surface area contributed by atoms with Crippen LogP contribution in [0, 0.1) is 23.9 Å². The van der Waals surface area contributed by atoms with E-state index in [9.17, 15) is 4.39 Å². The third-order valence-corrected chi connectivity index (χ3v) is 10.8. The van der Waals surface area contributed by atoms with Crippen molar-refractivity contribution in [3.05, 3.63) is 114 Å². The van der Waals surface area contributed by atoms with Gasteiger partial charge in [0.25, 0.3) is 0 Å². The van der Waals surface area contributed by atoms with Crippen LogP contribution in [-0.4, -0.2) is 18.0 Å². The monoisotopic (exact) mass is 795 g/mol. The zero-order chi connectivity index (χ0) is 30.7. The fraction of sp³-hybridized carbons (Fsp3) is 0.263. The molecule has 6 rings (SSSR count). The van der Waals surface area contributed by atoms with Gasteiger partial charge in [0, 0.05) is 32.5 Å². The van der Waals surface area contributed by atoms with Crippen LogP contribution in [0.5, 0.6) is 0 Å². The van der Waals surface area contributed by atoms with E-state index in [1.165, 1.54) is 33.7 Å². The summed E-state index contributed by atoms with van der Waals surface area (Å²) in [6, 6.07) is 30.2. The fourth-order valence-corrected chi connectivity index (χ4v) is 8.14. The van der Waals surface area contributed by atoms with E-state index >= 15 is 0 Å². The molecule has 229 valence electrons. The van der Waals surface area contributed by atoms with Crippen LogP contribution in [0.25, 0.3) is 42.7 Å². The molecule has 0 spiro atoms. The Labute approximate surface area is 280 Å². The van der Waals surface area contributed by atoms with Gasteiger partial charge >= 0.3 is 0 Å². The number of nitrogens with zero attached hydrogens (tertiary/aromatic N) is 2. The molecule has 0 aliphatic carbocycles. The standard InChI is InChI=1S/C20H15FNS.C18H24NSi.Ir/c1-12(2)13-9-10-22-18(11-13)16-7-3-5-14-15-6-4-8-17(21)20(15)23-19(14)16;1-14(2)11-16-12-17(15-9-7-6-8-10-15)19-13-18(16)20(3,4)5;/h3-6,8-12H,1-2H3;6-9,12-14H,11H2,1-5H3;/q2*-1;. The number of halogens is 1. The van der Waals surface area contributed by atoms with Gasteiger partial charge in [-0.3, -0.25) is 0 Å². The number of fused-ring (bicyclic) bond motifs is 3. The van der Waals surface area contributed by atoms with Crippen molar-refractivity contribution in [1.29, 1.82) is 0 Å². The van der Waals surface area contributed by atoms with Gasteiger partial charge in [0.2, 0.25) is 0 Å². The summed E-state index contributed by atoms with van der Waals surface area (Å²) in [5, 5.41) is 3.51. The van der Waals surface area contributed by atoms with Crippen molar-refractivity contribution >= 4 is 44.8 Å². The molecule has 0 N–H and O–H groups in total. The smallest absolute Gasteiger partial charge is 0.140 e. The van der Waals surface area contributed by atoms with Crippen molar-refractivity contribution in [2.75, 3.05) is 0 Å². The molecule has 3 heterocycles. The van der Waals surface area contributed by atoms with Crippen molar-refractivity contribution in [2.45, 2.75) is 59.7 Å². The largest absolute Gasteiger partial charge is 0.305 e. The van der Waals surface area contributed by atoms with E-state index in [2.05, 4.69) is 93.8 Å². The number of benzene rings is 3. The predicted molar refractivity (Wildman–Crippen MR) is 185 cm³/mol. The van der Waals surface area contributed by atoms with Crippen molar-refractivity contribution in [1.82, 2.24) is 9.97 Å². The summed E-state index contributed by atoms with van der Waals surface area (Å²) >= 11 is 1.48. The van der Waals surface area contributed by atoms with Crippen LogP contribution in [0.2, 0.25) is 19.6 Å². The normalized spacial score (nSPS) is 11.5. The minimum absolute atomic E-state index is 0. The number of pyridine rings is 2. The predicted octanol–water partition coefficient (Wildman–Crippen LogP) is 10.5. The summed E-state index contributed by atoms with van der Waals surface area (Å²) in [6.07, 6.45) is 5.08. The molecule has 0 fully saturated rings. The summed E-state index contributed by atoms with van der Waals surface area (Å²) in [5.74, 6) is 0.939. The van der Waals surface area contributed by atoms with E-state index < -0.39 is 8.07 Å². The summed E-state index contributed by atoms with van der Waals surface area (Å²) < 4.78 is 15.9. The number of hydrogen-bond acceptors (Lipinski definition) is 3. The first kappa shape index (κ1) is 33.9. The molecule has 0 aliphatic heterocycles. The minimum atomic E-state index is -1.34. The summed E-state index contributed by atoms with van der Waals surface area (Å²) in [4.78, 5) is 9.20. The van der Waals surface area contributed by atoms with Crippen LogP contribution in [0.4, 0.5) is 4.39 Å². The molecule has 2 nitrogen and oxygen atoms in total. The van der Waals surface area contributed by atoms with E-state index in [0.717, 1.165) is 44.4 Å². The van der Waals surface area contributed by atoms with Gasteiger partial charge in [-0.15, -0.1) is 59.7 Å². The Hall–Kier alpha value is -3.02. The Morgan fingerprint density at radius 1 is 0.818 bits per heavy atom. The SMILES string of the molecule is CC(C)Cc1cc(-c2[c-]cccc2)ncc1[Si](C)(C)C.CC(C)c1ccnc(-c2[c-]ccc3c2sc2c(F)cccc23)c1.[Ir]. The molecule has 0 amide bonds. The molecular formula is C38H39FIrN2SSi-2. The van der Waals surface area contributed by atoms with Gasteiger partial charge in [0.15, 0.2) is 0 Å². The second-order valence-electron chi connectivity index (χ2n) is 12.8. The fourth-order valence-electron chi connectivity index (χ4n) is 5.34. The third-order valence-electron chi connectivity index (χ3n) is 7.53. The molecule has 3 aromatic carbocycles. The molecule has 3 aromatic heterocycles. The summed E-state index contributed by atoms with van der Waals surface area (Å²) in [5.41, 5.74) is 6.69. The van der Waals surface area contributed by atoms with Crippen molar-refractivity contribution in [3.63, 3.8) is 0 Å². The van der Waals surface area contributed by atoms with Crippen LogP contribution in [0.3, 0.4) is 0 Å². The van der Waals surface area contributed by atoms with E-state index in [1.807, 2.05) is 48.7 Å². The Balaban J connectivity index is 0.000000199. The van der Waals surface area contributed by atoms with E-state index in [4.69, 9.17) is 0 Å². The minimum Gasteiger partial charge on any atom is -0.305 e. The molecule has 44 heavy (non-hydrogen) atoms.